The topological polar surface area (TPSA) is 72.3 Å². The maximum absolute atomic E-state index is 12.3. The van der Waals surface area contributed by atoms with E-state index in [0.29, 0.717) is 32.8 Å². The van der Waals surface area contributed by atoms with Gasteiger partial charge in [-0.3, -0.25) is 9.69 Å². The Morgan fingerprint density at radius 3 is 2.48 bits per heavy atom. The third kappa shape index (κ3) is 3.87. The van der Waals surface area contributed by atoms with Gasteiger partial charge in [0.15, 0.2) is 18.0 Å². The molecule has 2 heterocycles. The SMILES string of the molecule is CCOc1cc2c(cc1OCC)C[NH+](CC(=O)N1CCNC1=O)CC2. The first kappa shape index (κ1) is 17.5. The molecular weight excluding hydrogens is 322 g/mol. The van der Waals surface area contributed by atoms with E-state index in [4.69, 9.17) is 9.47 Å². The average molecular weight is 348 g/mol. The van der Waals surface area contributed by atoms with Crippen LogP contribution in [0.5, 0.6) is 11.5 Å². The van der Waals surface area contributed by atoms with Gasteiger partial charge in [-0.15, -0.1) is 0 Å². The van der Waals surface area contributed by atoms with Crippen LogP contribution in [0.1, 0.15) is 25.0 Å². The quantitative estimate of drug-likeness (QED) is 0.758. The van der Waals surface area contributed by atoms with Crippen molar-refractivity contribution in [2.75, 3.05) is 39.4 Å². The zero-order valence-electron chi connectivity index (χ0n) is 14.9. The van der Waals surface area contributed by atoms with Crippen LogP contribution in [-0.4, -0.2) is 56.2 Å². The minimum absolute atomic E-state index is 0.107. The van der Waals surface area contributed by atoms with E-state index in [1.54, 1.807) is 0 Å². The number of fused-ring (bicyclic) bond motifs is 1. The molecule has 1 aromatic rings. The molecule has 0 spiro atoms. The van der Waals surface area contributed by atoms with Crippen LogP contribution in [-0.2, 0) is 17.8 Å². The Kier molecular flexibility index (Phi) is 5.43. The van der Waals surface area contributed by atoms with Crippen molar-refractivity contribution in [3.63, 3.8) is 0 Å². The summed E-state index contributed by atoms with van der Waals surface area (Å²) in [6.07, 6.45) is 0.886. The van der Waals surface area contributed by atoms with E-state index < -0.39 is 0 Å². The fourth-order valence-electron chi connectivity index (χ4n) is 3.42. The van der Waals surface area contributed by atoms with Crippen LogP contribution in [0.15, 0.2) is 12.1 Å². The second kappa shape index (κ2) is 7.74. The van der Waals surface area contributed by atoms with E-state index in [0.717, 1.165) is 31.0 Å². The molecule has 25 heavy (non-hydrogen) atoms. The Labute approximate surface area is 147 Å². The largest absolute Gasteiger partial charge is 0.490 e. The summed E-state index contributed by atoms with van der Waals surface area (Å²) in [6.45, 7) is 8.06. The first-order chi connectivity index (χ1) is 12.1. The summed E-state index contributed by atoms with van der Waals surface area (Å²) in [5.41, 5.74) is 2.44. The van der Waals surface area contributed by atoms with Crippen molar-refractivity contribution < 1.29 is 24.0 Å². The van der Waals surface area contributed by atoms with Crippen LogP contribution in [0.2, 0.25) is 0 Å². The number of quaternary nitrogens is 1. The van der Waals surface area contributed by atoms with Crippen LogP contribution < -0.4 is 19.7 Å². The molecule has 1 unspecified atom stereocenters. The molecule has 0 saturated carbocycles. The summed E-state index contributed by atoms with van der Waals surface area (Å²) in [5, 5.41) is 2.67. The Hall–Kier alpha value is -2.28. The molecule has 0 bridgehead atoms. The summed E-state index contributed by atoms with van der Waals surface area (Å²) in [4.78, 5) is 26.5. The molecule has 7 nitrogen and oxygen atoms in total. The van der Waals surface area contributed by atoms with Gasteiger partial charge < -0.3 is 19.7 Å². The number of hydrogen-bond donors (Lipinski definition) is 2. The second-order valence-corrected chi connectivity index (χ2v) is 6.31. The first-order valence-electron chi connectivity index (χ1n) is 8.95. The molecule has 3 rings (SSSR count). The number of hydrogen-bond acceptors (Lipinski definition) is 4. The fraction of sp³-hybridized carbons (Fsp3) is 0.556. The molecular formula is C18H26N3O4+. The first-order valence-corrected chi connectivity index (χ1v) is 8.95. The predicted molar refractivity (Wildman–Crippen MR) is 92.0 cm³/mol. The van der Waals surface area contributed by atoms with E-state index >= 15 is 0 Å². The molecule has 3 amide bonds. The minimum atomic E-state index is -0.276. The lowest BCUT2D eigenvalue weighted by molar-refractivity contribution is -0.908. The van der Waals surface area contributed by atoms with Crippen molar-refractivity contribution in [1.29, 1.82) is 0 Å². The highest BCUT2D eigenvalue weighted by atomic mass is 16.5. The van der Waals surface area contributed by atoms with E-state index in [2.05, 4.69) is 11.4 Å². The number of urea groups is 1. The van der Waals surface area contributed by atoms with E-state index in [-0.39, 0.29) is 11.9 Å². The molecule has 0 radical (unpaired) electrons. The van der Waals surface area contributed by atoms with Gasteiger partial charge >= 0.3 is 6.03 Å². The number of nitrogens with one attached hydrogen (secondary N) is 2. The third-order valence-electron chi connectivity index (χ3n) is 4.61. The zero-order valence-corrected chi connectivity index (χ0v) is 14.9. The van der Waals surface area contributed by atoms with Crippen LogP contribution in [0.4, 0.5) is 4.79 Å². The van der Waals surface area contributed by atoms with Crippen molar-refractivity contribution in [2.24, 2.45) is 0 Å². The van der Waals surface area contributed by atoms with E-state index in [1.807, 2.05) is 19.9 Å². The van der Waals surface area contributed by atoms with Crippen molar-refractivity contribution >= 4 is 11.9 Å². The predicted octanol–water partition coefficient (Wildman–Crippen LogP) is -0.0232. The highest BCUT2D eigenvalue weighted by molar-refractivity contribution is 5.96. The monoisotopic (exact) mass is 348 g/mol. The molecule has 136 valence electrons. The Morgan fingerprint density at radius 1 is 1.20 bits per heavy atom. The van der Waals surface area contributed by atoms with Gasteiger partial charge in [0.25, 0.3) is 5.91 Å². The summed E-state index contributed by atoms with van der Waals surface area (Å²) in [7, 11) is 0. The molecule has 1 aromatic carbocycles. The fourth-order valence-corrected chi connectivity index (χ4v) is 3.42. The van der Waals surface area contributed by atoms with Gasteiger partial charge in [0.2, 0.25) is 0 Å². The molecule has 0 aromatic heterocycles. The molecule has 2 aliphatic heterocycles. The van der Waals surface area contributed by atoms with Crippen LogP contribution in [0, 0.1) is 0 Å². The minimum Gasteiger partial charge on any atom is -0.490 e. The Bertz CT molecular complexity index is 662. The number of imide groups is 1. The van der Waals surface area contributed by atoms with Gasteiger partial charge in [0.05, 0.1) is 19.8 Å². The molecule has 0 aliphatic carbocycles. The lowest BCUT2D eigenvalue weighted by Crippen LogP contribution is -3.12. The Morgan fingerprint density at radius 2 is 1.88 bits per heavy atom. The Balaban J connectivity index is 1.70. The third-order valence-corrected chi connectivity index (χ3v) is 4.61. The molecule has 1 atom stereocenters. The van der Waals surface area contributed by atoms with Crippen LogP contribution in [0.3, 0.4) is 0 Å². The van der Waals surface area contributed by atoms with Crippen LogP contribution >= 0.6 is 0 Å². The van der Waals surface area contributed by atoms with Crippen LogP contribution in [0.25, 0.3) is 0 Å². The van der Waals surface area contributed by atoms with E-state index in [9.17, 15) is 9.59 Å². The summed E-state index contributed by atoms with van der Waals surface area (Å²) >= 11 is 0. The number of amides is 3. The average Bonchev–Trinajstić information content (AvgIpc) is 3.02. The van der Waals surface area contributed by atoms with Gasteiger partial charge in [-0.05, 0) is 31.5 Å². The van der Waals surface area contributed by atoms with Gasteiger partial charge in [-0.25, -0.2) is 4.79 Å². The zero-order chi connectivity index (χ0) is 17.8. The summed E-state index contributed by atoms with van der Waals surface area (Å²) in [6, 6.07) is 3.83. The highest BCUT2D eigenvalue weighted by Crippen LogP contribution is 2.32. The van der Waals surface area contributed by atoms with Crippen molar-refractivity contribution in [1.82, 2.24) is 10.2 Å². The van der Waals surface area contributed by atoms with Gasteiger partial charge in [-0.2, -0.15) is 0 Å². The number of nitrogens with zero attached hydrogens (tertiary/aromatic N) is 1. The number of rotatable bonds is 6. The molecule has 7 heteroatoms. The van der Waals surface area contributed by atoms with Gasteiger partial charge in [-0.1, -0.05) is 0 Å². The molecule has 2 N–H and O–H groups in total. The second-order valence-electron chi connectivity index (χ2n) is 6.31. The maximum Gasteiger partial charge on any atom is 0.324 e. The van der Waals surface area contributed by atoms with Gasteiger partial charge in [0, 0.05) is 25.1 Å². The maximum atomic E-state index is 12.3. The van der Waals surface area contributed by atoms with Crippen molar-refractivity contribution in [2.45, 2.75) is 26.8 Å². The number of benzene rings is 1. The van der Waals surface area contributed by atoms with Crippen molar-refractivity contribution in [3.05, 3.63) is 23.3 Å². The highest BCUT2D eigenvalue weighted by Gasteiger charge is 2.31. The smallest absolute Gasteiger partial charge is 0.324 e. The summed E-state index contributed by atoms with van der Waals surface area (Å²) < 4.78 is 11.4. The standard InChI is InChI=1S/C18H25N3O4/c1-3-24-15-9-13-5-7-20(11-14(13)10-16(15)25-4-2)12-17(22)21-8-6-19-18(21)23/h9-10H,3-8,11-12H2,1-2H3,(H,19,23)/p+1. The normalized spacial score (nSPS) is 19.4. The molecule has 1 saturated heterocycles. The lowest BCUT2D eigenvalue weighted by atomic mass is 9.98. The summed E-state index contributed by atoms with van der Waals surface area (Å²) in [5.74, 6) is 1.44. The number of ether oxygens (including phenoxy) is 2. The van der Waals surface area contributed by atoms with Gasteiger partial charge in [0.1, 0.15) is 6.54 Å². The van der Waals surface area contributed by atoms with Crippen molar-refractivity contribution in [3.8, 4) is 11.5 Å². The lowest BCUT2D eigenvalue weighted by Gasteiger charge is -2.27. The molecule has 1 fully saturated rings. The number of carbonyl (C=O) groups is 2. The van der Waals surface area contributed by atoms with E-state index in [1.165, 1.54) is 20.9 Å². The molecule has 2 aliphatic rings. The number of carbonyl (C=O) groups excluding carboxylic acids is 2.